The summed E-state index contributed by atoms with van der Waals surface area (Å²) in [5.41, 5.74) is 9.20. The van der Waals surface area contributed by atoms with Crippen LogP contribution in [0.15, 0.2) is 18.2 Å². The van der Waals surface area contributed by atoms with Gasteiger partial charge in [0.1, 0.15) is 0 Å². The lowest BCUT2D eigenvalue weighted by molar-refractivity contribution is -0.121. The number of nitrogens with two attached hydrogens (primary N) is 1. The Hall–Kier alpha value is -1.55. The topological polar surface area (TPSA) is 58.4 Å². The second-order valence-corrected chi connectivity index (χ2v) is 5.98. The summed E-state index contributed by atoms with van der Waals surface area (Å²) >= 11 is 0. The van der Waals surface area contributed by atoms with Crippen molar-refractivity contribution in [1.29, 1.82) is 0 Å². The van der Waals surface area contributed by atoms with E-state index < -0.39 is 0 Å². The van der Waals surface area contributed by atoms with Crippen LogP contribution < -0.4 is 16.0 Å². The molecule has 1 amide bonds. The van der Waals surface area contributed by atoms with Gasteiger partial charge in [-0.15, -0.1) is 0 Å². The highest BCUT2D eigenvalue weighted by atomic mass is 16.1. The molecule has 0 bridgehead atoms. The number of nitrogens with one attached hydrogen (secondary N) is 1. The number of nitrogens with zero attached hydrogens (tertiary/aromatic N) is 1. The lowest BCUT2D eigenvalue weighted by atomic mass is 10.1. The zero-order valence-corrected chi connectivity index (χ0v) is 12.6. The Morgan fingerprint density at radius 3 is 2.80 bits per heavy atom. The Morgan fingerprint density at radius 2 is 2.25 bits per heavy atom. The minimum absolute atomic E-state index is 0.00223. The smallest absolute Gasteiger partial charge is 0.222 e. The first-order valence-corrected chi connectivity index (χ1v) is 7.34. The summed E-state index contributed by atoms with van der Waals surface area (Å²) in [7, 11) is 0. The highest BCUT2D eigenvalue weighted by Crippen LogP contribution is 2.25. The van der Waals surface area contributed by atoms with E-state index in [1.165, 1.54) is 16.8 Å². The van der Waals surface area contributed by atoms with Crippen LogP contribution >= 0.6 is 0 Å². The average Bonchev–Trinajstić information content (AvgIpc) is 2.86. The maximum atomic E-state index is 11.2. The number of benzene rings is 1. The standard InChI is InChI=1S/C16H25N3O/c1-11(2)18-9-13-4-5-15(8-12(13)3)19-7-6-14(10-19)16(17)20/h4-5,8,11,14,18H,6-7,9-10H2,1-3H3,(H2,17,20). The first-order chi connectivity index (χ1) is 9.47. The molecule has 1 aliphatic heterocycles. The van der Waals surface area contributed by atoms with Crippen LogP contribution in [0.4, 0.5) is 5.69 Å². The summed E-state index contributed by atoms with van der Waals surface area (Å²) in [6.45, 7) is 9.00. The van der Waals surface area contributed by atoms with Gasteiger partial charge in [0.25, 0.3) is 0 Å². The normalized spacial score (nSPS) is 18.8. The molecule has 1 unspecified atom stereocenters. The minimum Gasteiger partial charge on any atom is -0.371 e. The first kappa shape index (κ1) is 14.9. The van der Waals surface area contributed by atoms with Crippen molar-refractivity contribution in [3.63, 3.8) is 0 Å². The molecular weight excluding hydrogens is 250 g/mol. The predicted octanol–water partition coefficient (Wildman–Crippen LogP) is 1.80. The Morgan fingerprint density at radius 1 is 1.50 bits per heavy atom. The van der Waals surface area contributed by atoms with E-state index in [9.17, 15) is 4.79 Å². The van der Waals surface area contributed by atoms with Crippen molar-refractivity contribution in [2.24, 2.45) is 11.7 Å². The van der Waals surface area contributed by atoms with Gasteiger partial charge in [-0.2, -0.15) is 0 Å². The summed E-state index contributed by atoms with van der Waals surface area (Å²) in [4.78, 5) is 13.5. The Bertz CT molecular complexity index is 485. The molecule has 1 atom stereocenters. The van der Waals surface area contributed by atoms with E-state index in [2.05, 4.69) is 49.2 Å². The van der Waals surface area contributed by atoms with E-state index in [-0.39, 0.29) is 11.8 Å². The summed E-state index contributed by atoms with van der Waals surface area (Å²) in [5.74, 6) is -0.181. The molecule has 1 aliphatic rings. The lowest BCUT2D eigenvalue weighted by Gasteiger charge is -2.20. The Kier molecular flexibility index (Phi) is 4.65. The molecule has 0 spiro atoms. The Labute approximate surface area is 121 Å². The van der Waals surface area contributed by atoms with E-state index in [1.54, 1.807) is 0 Å². The van der Waals surface area contributed by atoms with E-state index in [0.29, 0.717) is 6.04 Å². The molecule has 20 heavy (non-hydrogen) atoms. The molecular formula is C16H25N3O. The summed E-state index contributed by atoms with van der Waals surface area (Å²) < 4.78 is 0. The van der Waals surface area contributed by atoms with E-state index in [0.717, 1.165) is 26.1 Å². The van der Waals surface area contributed by atoms with Gasteiger partial charge >= 0.3 is 0 Å². The average molecular weight is 275 g/mol. The van der Waals surface area contributed by atoms with Crippen LogP contribution in [0.2, 0.25) is 0 Å². The molecule has 0 radical (unpaired) electrons. The fourth-order valence-corrected chi connectivity index (χ4v) is 2.62. The number of hydrogen-bond acceptors (Lipinski definition) is 3. The molecule has 0 aliphatic carbocycles. The first-order valence-electron chi connectivity index (χ1n) is 7.34. The highest BCUT2D eigenvalue weighted by Gasteiger charge is 2.26. The van der Waals surface area contributed by atoms with Gasteiger partial charge in [0.2, 0.25) is 5.91 Å². The van der Waals surface area contributed by atoms with Crippen molar-refractivity contribution in [3.05, 3.63) is 29.3 Å². The van der Waals surface area contributed by atoms with Crippen LogP contribution in [0, 0.1) is 12.8 Å². The van der Waals surface area contributed by atoms with Gasteiger partial charge in [-0.3, -0.25) is 4.79 Å². The lowest BCUT2D eigenvalue weighted by Crippen LogP contribution is -2.27. The third-order valence-corrected chi connectivity index (χ3v) is 3.98. The molecule has 3 N–H and O–H groups in total. The third kappa shape index (κ3) is 3.51. The molecule has 1 saturated heterocycles. The van der Waals surface area contributed by atoms with Crippen LogP contribution in [0.25, 0.3) is 0 Å². The summed E-state index contributed by atoms with van der Waals surface area (Å²) in [6.07, 6.45) is 0.866. The van der Waals surface area contributed by atoms with Crippen LogP contribution in [0.5, 0.6) is 0 Å². The Balaban J connectivity index is 2.04. The SMILES string of the molecule is Cc1cc(N2CCC(C(N)=O)C2)ccc1CNC(C)C. The maximum absolute atomic E-state index is 11.2. The zero-order chi connectivity index (χ0) is 14.7. The second kappa shape index (κ2) is 6.27. The van der Waals surface area contributed by atoms with Crippen molar-refractivity contribution in [3.8, 4) is 0 Å². The van der Waals surface area contributed by atoms with Crippen molar-refractivity contribution >= 4 is 11.6 Å². The number of aryl methyl sites for hydroxylation is 1. The van der Waals surface area contributed by atoms with Gasteiger partial charge in [0, 0.05) is 31.4 Å². The number of rotatable bonds is 5. The van der Waals surface area contributed by atoms with Gasteiger partial charge in [-0.1, -0.05) is 19.9 Å². The van der Waals surface area contributed by atoms with Gasteiger partial charge in [-0.05, 0) is 36.6 Å². The van der Waals surface area contributed by atoms with Crippen LogP contribution in [-0.2, 0) is 11.3 Å². The molecule has 0 saturated carbocycles. The quantitative estimate of drug-likeness (QED) is 0.861. The number of amides is 1. The summed E-state index contributed by atoms with van der Waals surface area (Å²) in [5, 5.41) is 3.44. The molecule has 1 aromatic rings. The fraction of sp³-hybridized carbons (Fsp3) is 0.562. The molecule has 110 valence electrons. The van der Waals surface area contributed by atoms with Crippen molar-refractivity contribution in [2.45, 2.75) is 39.8 Å². The third-order valence-electron chi connectivity index (χ3n) is 3.98. The predicted molar refractivity (Wildman–Crippen MR) is 82.7 cm³/mol. The number of carbonyl (C=O) groups excluding carboxylic acids is 1. The largest absolute Gasteiger partial charge is 0.371 e. The molecule has 1 heterocycles. The van der Waals surface area contributed by atoms with Crippen molar-refractivity contribution < 1.29 is 4.79 Å². The maximum Gasteiger partial charge on any atom is 0.222 e. The van der Waals surface area contributed by atoms with Crippen LogP contribution in [0.1, 0.15) is 31.4 Å². The van der Waals surface area contributed by atoms with E-state index >= 15 is 0 Å². The van der Waals surface area contributed by atoms with Gasteiger partial charge < -0.3 is 16.0 Å². The van der Waals surface area contributed by atoms with Crippen LogP contribution in [0.3, 0.4) is 0 Å². The second-order valence-electron chi connectivity index (χ2n) is 5.98. The molecule has 4 heteroatoms. The molecule has 2 rings (SSSR count). The monoisotopic (exact) mass is 275 g/mol. The van der Waals surface area contributed by atoms with Gasteiger partial charge in [-0.25, -0.2) is 0 Å². The number of hydrogen-bond donors (Lipinski definition) is 2. The number of anilines is 1. The molecule has 1 fully saturated rings. The number of primary amides is 1. The summed E-state index contributed by atoms with van der Waals surface area (Å²) in [6, 6.07) is 7.02. The van der Waals surface area contributed by atoms with Gasteiger partial charge in [0.15, 0.2) is 0 Å². The van der Waals surface area contributed by atoms with Crippen LogP contribution in [-0.4, -0.2) is 25.0 Å². The molecule has 4 nitrogen and oxygen atoms in total. The van der Waals surface area contributed by atoms with Crippen molar-refractivity contribution in [1.82, 2.24) is 5.32 Å². The van der Waals surface area contributed by atoms with E-state index in [1.807, 2.05) is 0 Å². The molecule has 0 aromatic heterocycles. The minimum atomic E-state index is -0.179. The molecule has 1 aromatic carbocycles. The van der Waals surface area contributed by atoms with Crippen molar-refractivity contribution in [2.75, 3.05) is 18.0 Å². The van der Waals surface area contributed by atoms with E-state index in [4.69, 9.17) is 5.73 Å². The highest BCUT2D eigenvalue weighted by molar-refractivity contribution is 5.78. The van der Waals surface area contributed by atoms with Gasteiger partial charge in [0.05, 0.1) is 5.92 Å². The zero-order valence-electron chi connectivity index (χ0n) is 12.6. The number of carbonyl (C=O) groups is 1. The fourth-order valence-electron chi connectivity index (χ4n) is 2.62.